The van der Waals surface area contributed by atoms with Crippen LogP contribution in [0.2, 0.25) is 0 Å². The molecule has 132 valence electrons. The summed E-state index contributed by atoms with van der Waals surface area (Å²) in [7, 11) is 0. The summed E-state index contributed by atoms with van der Waals surface area (Å²) in [4.78, 5) is 27.1. The van der Waals surface area contributed by atoms with Gasteiger partial charge in [0.15, 0.2) is 5.78 Å². The molecule has 1 heterocycles. The van der Waals surface area contributed by atoms with E-state index in [0.717, 1.165) is 0 Å². The van der Waals surface area contributed by atoms with Crippen molar-refractivity contribution in [2.75, 3.05) is 13.2 Å². The average Bonchev–Trinajstić information content (AvgIpc) is 2.91. The van der Waals surface area contributed by atoms with Crippen molar-refractivity contribution in [3.05, 3.63) is 29.5 Å². The number of hydrogen-bond acceptors (Lipinski definition) is 5. The minimum absolute atomic E-state index is 0. The zero-order valence-corrected chi connectivity index (χ0v) is 15.0. The van der Waals surface area contributed by atoms with E-state index in [1.807, 2.05) is 20.8 Å². The molecule has 0 amide bonds. The van der Waals surface area contributed by atoms with Crippen LogP contribution in [-0.2, 0) is 4.74 Å². The lowest BCUT2D eigenvalue weighted by Gasteiger charge is -2.20. The predicted octanol–water partition coefficient (Wildman–Crippen LogP) is 3.04. The van der Waals surface area contributed by atoms with Crippen molar-refractivity contribution >= 4 is 35.1 Å². The maximum Gasteiger partial charge on any atom is 0.354 e. The largest absolute Gasteiger partial charge is 0.506 e. The van der Waals surface area contributed by atoms with E-state index in [2.05, 4.69) is 10.3 Å². The van der Waals surface area contributed by atoms with Crippen LogP contribution in [0.3, 0.4) is 0 Å². The third-order valence-corrected chi connectivity index (χ3v) is 3.35. The van der Waals surface area contributed by atoms with Crippen LogP contribution < -0.4 is 5.32 Å². The number of phenols is 1. The molecular weight excluding hydrogens is 332 g/mol. The number of aromatic nitrogens is 1. The number of H-pyrrole nitrogens is 1. The van der Waals surface area contributed by atoms with E-state index in [4.69, 9.17) is 4.74 Å². The number of aromatic hydroxyl groups is 1. The lowest BCUT2D eigenvalue weighted by atomic mass is 10.0. The summed E-state index contributed by atoms with van der Waals surface area (Å²) in [6.07, 6.45) is 0. The first-order valence-corrected chi connectivity index (χ1v) is 7.53. The number of rotatable bonds is 5. The van der Waals surface area contributed by atoms with Gasteiger partial charge >= 0.3 is 5.97 Å². The van der Waals surface area contributed by atoms with Crippen molar-refractivity contribution in [1.82, 2.24) is 10.3 Å². The second kappa shape index (κ2) is 7.68. The average molecular weight is 355 g/mol. The molecule has 0 fully saturated rings. The smallest absolute Gasteiger partial charge is 0.354 e. The number of nitrogens with one attached hydrogen (secondary N) is 2. The highest BCUT2D eigenvalue weighted by Crippen LogP contribution is 2.28. The van der Waals surface area contributed by atoms with Crippen molar-refractivity contribution in [3.63, 3.8) is 0 Å². The standard InChI is InChI=1S/C17H22N2O4.ClH/c1-5-23-16(22)12-8-11-10(6-7-13(20)15(11)19-12)14(21)9-18-17(2,3)4;/h6-8,18-20H,5,9H2,1-4H3;1H. The number of carbonyl (C=O) groups is 2. The summed E-state index contributed by atoms with van der Waals surface area (Å²) in [5.41, 5.74) is 0.831. The molecule has 1 aromatic carbocycles. The Morgan fingerprint density at radius 2 is 1.96 bits per heavy atom. The van der Waals surface area contributed by atoms with E-state index in [1.165, 1.54) is 12.1 Å². The maximum atomic E-state index is 12.4. The second-order valence-corrected chi connectivity index (χ2v) is 6.35. The number of ether oxygens (including phenoxy) is 1. The second-order valence-electron chi connectivity index (χ2n) is 6.35. The zero-order valence-electron chi connectivity index (χ0n) is 14.2. The molecule has 0 aliphatic heterocycles. The molecule has 0 saturated carbocycles. The number of phenolic OH excluding ortho intramolecular Hbond substituents is 1. The molecule has 0 aliphatic carbocycles. The summed E-state index contributed by atoms with van der Waals surface area (Å²) in [6, 6.07) is 4.54. The number of fused-ring (bicyclic) bond motifs is 1. The molecule has 0 unspecified atom stereocenters. The fraction of sp³-hybridized carbons (Fsp3) is 0.412. The highest BCUT2D eigenvalue weighted by Gasteiger charge is 2.19. The fourth-order valence-corrected chi connectivity index (χ4v) is 2.21. The molecule has 6 nitrogen and oxygen atoms in total. The number of Topliss-reactive ketones (excluding diaryl/α,β-unsaturated/α-hetero) is 1. The molecule has 2 rings (SSSR count). The molecule has 0 aliphatic rings. The lowest BCUT2D eigenvalue weighted by molar-refractivity contribution is 0.0520. The quantitative estimate of drug-likeness (QED) is 0.567. The van der Waals surface area contributed by atoms with Gasteiger partial charge in [-0.3, -0.25) is 4.79 Å². The lowest BCUT2D eigenvalue weighted by Crippen LogP contribution is -2.39. The van der Waals surface area contributed by atoms with E-state index in [0.29, 0.717) is 16.5 Å². The molecule has 3 N–H and O–H groups in total. The van der Waals surface area contributed by atoms with Crippen molar-refractivity contribution in [2.24, 2.45) is 0 Å². The van der Waals surface area contributed by atoms with Crippen molar-refractivity contribution in [1.29, 1.82) is 0 Å². The van der Waals surface area contributed by atoms with E-state index >= 15 is 0 Å². The summed E-state index contributed by atoms with van der Waals surface area (Å²) in [5, 5.41) is 13.6. The Balaban J connectivity index is 0.00000288. The minimum Gasteiger partial charge on any atom is -0.506 e. The van der Waals surface area contributed by atoms with Gasteiger partial charge in [0.25, 0.3) is 0 Å². The van der Waals surface area contributed by atoms with Crippen molar-refractivity contribution in [3.8, 4) is 5.75 Å². The van der Waals surface area contributed by atoms with Gasteiger partial charge in [0, 0.05) is 16.5 Å². The highest BCUT2D eigenvalue weighted by atomic mass is 35.5. The van der Waals surface area contributed by atoms with Gasteiger partial charge in [-0.05, 0) is 45.9 Å². The Kier molecular flexibility index (Phi) is 6.40. The van der Waals surface area contributed by atoms with Crippen LogP contribution in [0.15, 0.2) is 18.2 Å². The van der Waals surface area contributed by atoms with Crippen LogP contribution in [0.1, 0.15) is 48.5 Å². The maximum absolute atomic E-state index is 12.4. The monoisotopic (exact) mass is 354 g/mol. The predicted molar refractivity (Wildman–Crippen MR) is 95.3 cm³/mol. The zero-order chi connectivity index (χ0) is 17.2. The molecule has 2 aromatic rings. The first-order chi connectivity index (χ1) is 10.7. The number of benzene rings is 1. The third kappa shape index (κ3) is 4.49. The molecule has 0 bridgehead atoms. The molecule has 1 aromatic heterocycles. The van der Waals surface area contributed by atoms with Gasteiger partial charge < -0.3 is 20.1 Å². The van der Waals surface area contributed by atoms with Crippen LogP contribution in [0.25, 0.3) is 10.9 Å². The van der Waals surface area contributed by atoms with Crippen LogP contribution in [0, 0.1) is 0 Å². The Bertz CT molecular complexity index is 747. The Hall–Kier alpha value is -2.05. The minimum atomic E-state index is -0.519. The van der Waals surface area contributed by atoms with E-state index < -0.39 is 5.97 Å². The molecule has 0 atom stereocenters. The Morgan fingerprint density at radius 3 is 2.54 bits per heavy atom. The van der Waals surface area contributed by atoms with Gasteiger partial charge in [-0.1, -0.05) is 0 Å². The molecule has 0 spiro atoms. The van der Waals surface area contributed by atoms with Gasteiger partial charge in [-0.25, -0.2) is 4.79 Å². The molecule has 24 heavy (non-hydrogen) atoms. The topological polar surface area (TPSA) is 91.4 Å². The van der Waals surface area contributed by atoms with Crippen LogP contribution in [0.5, 0.6) is 5.75 Å². The van der Waals surface area contributed by atoms with Crippen LogP contribution in [0.4, 0.5) is 0 Å². The van der Waals surface area contributed by atoms with Crippen molar-refractivity contribution < 1.29 is 19.4 Å². The van der Waals surface area contributed by atoms with E-state index in [9.17, 15) is 14.7 Å². The molecule has 7 heteroatoms. The molecule has 0 radical (unpaired) electrons. The van der Waals surface area contributed by atoms with Gasteiger partial charge in [0.05, 0.1) is 18.7 Å². The van der Waals surface area contributed by atoms with Gasteiger partial charge in [0.1, 0.15) is 11.4 Å². The number of ketones is 1. The van der Waals surface area contributed by atoms with Crippen LogP contribution >= 0.6 is 12.4 Å². The van der Waals surface area contributed by atoms with E-state index in [1.54, 1.807) is 13.0 Å². The van der Waals surface area contributed by atoms with Gasteiger partial charge in [-0.2, -0.15) is 0 Å². The third-order valence-electron chi connectivity index (χ3n) is 3.35. The first-order valence-electron chi connectivity index (χ1n) is 7.53. The molecular formula is C17H23ClN2O4. The normalized spacial score (nSPS) is 11.2. The van der Waals surface area contributed by atoms with Gasteiger partial charge in [-0.15, -0.1) is 12.4 Å². The number of esters is 1. The number of hydrogen-bond donors (Lipinski definition) is 3. The Labute approximate surface area is 147 Å². The SMILES string of the molecule is CCOC(=O)c1cc2c(C(=O)CNC(C)(C)C)ccc(O)c2[nH]1.Cl. The molecule has 0 saturated heterocycles. The fourth-order valence-electron chi connectivity index (χ4n) is 2.21. The van der Waals surface area contributed by atoms with E-state index in [-0.39, 0.29) is 48.3 Å². The van der Waals surface area contributed by atoms with Gasteiger partial charge in [0.2, 0.25) is 0 Å². The number of halogens is 1. The highest BCUT2D eigenvalue weighted by molar-refractivity contribution is 6.11. The van der Waals surface area contributed by atoms with Crippen LogP contribution in [-0.4, -0.2) is 40.5 Å². The summed E-state index contributed by atoms with van der Waals surface area (Å²) in [5.74, 6) is -0.649. The number of aromatic amines is 1. The summed E-state index contributed by atoms with van der Waals surface area (Å²) >= 11 is 0. The summed E-state index contributed by atoms with van der Waals surface area (Å²) in [6.45, 7) is 8.06. The Morgan fingerprint density at radius 1 is 1.29 bits per heavy atom. The summed E-state index contributed by atoms with van der Waals surface area (Å²) < 4.78 is 4.94. The first kappa shape index (κ1) is 20.0. The van der Waals surface area contributed by atoms with Crippen molar-refractivity contribution in [2.45, 2.75) is 33.2 Å². The number of carbonyl (C=O) groups excluding carboxylic acids is 2.